The predicted molar refractivity (Wildman–Crippen MR) is 116 cm³/mol. The zero-order valence-electron chi connectivity index (χ0n) is 18.4. The van der Waals surface area contributed by atoms with Crippen LogP contribution in [-0.4, -0.2) is 21.6 Å². The lowest BCUT2D eigenvalue weighted by molar-refractivity contribution is 0.0825. The van der Waals surface area contributed by atoms with E-state index in [1.165, 1.54) is 6.07 Å². The van der Waals surface area contributed by atoms with Gasteiger partial charge in [0, 0.05) is 5.69 Å². The quantitative estimate of drug-likeness (QED) is 0.583. The summed E-state index contributed by atoms with van der Waals surface area (Å²) >= 11 is 0. The molecule has 0 aliphatic rings. The minimum absolute atomic E-state index is 0.0649. The van der Waals surface area contributed by atoms with Gasteiger partial charge in [0.1, 0.15) is 18.1 Å². The highest BCUT2D eigenvalue weighted by atomic mass is 16.5. The van der Waals surface area contributed by atoms with Crippen LogP contribution in [0.1, 0.15) is 73.0 Å². The third-order valence-electron chi connectivity index (χ3n) is 4.50. The van der Waals surface area contributed by atoms with E-state index in [9.17, 15) is 9.59 Å². The minimum Gasteiger partial charge on any atom is -0.486 e. The van der Waals surface area contributed by atoms with Crippen molar-refractivity contribution >= 4 is 11.8 Å². The Hall–Kier alpha value is -3.55. The van der Waals surface area contributed by atoms with Gasteiger partial charge in [0.2, 0.25) is 0 Å². The SMILES string of the molecule is CC(C)c1cc(C(=O)NNC(=O)c2ccc(COc3ccccc3)o2)nn1C(C)(C)C. The first-order valence-corrected chi connectivity index (χ1v) is 10.1. The number of furan rings is 1. The van der Waals surface area contributed by atoms with Crippen molar-refractivity contribution in [1.82, 2.24) is 20.6 Å². The normalized spacial score (nSPS) is 11.4. The van der Waals surface area contributed by atoms with Crippen LogP contribution in [-0.2, 0) is 12.1 Å². The van der Waals surface area contributed by atoms with Crippen LogP contribution in [0, 0.1) is 0 Å². The zero-order chi connectivity index (χ0) is 22.6. The van der Waals surface area contributed by atoms with Crippen LogP contribution in [0.25, 0.3) is 0 Å². The fraction of sp³-hybridized carbons (Fsp3) is 0.348. The van der Waals surface area contributed by atoms with Crippen molar-refractivity contribution in [2.24, 2.45) is 0 Å². The lowest BCUT2D eigenvalue weighted by Crippen LogP contribution is -2.41. The molecule has 164 valence electrons. The van der Waals surface area contributed by atoms with Crippen LogP contribution < -0.4 is 15.6 Å². The summed E-state index contributed by atoms with van der Waals surface area (Å²) in [5.74, 6) is 0.382. The summed E-state index contributed by atoms with van der Waals surface area (Å²) in [6.07, 6.45) is 0. The maximum atomic E-state index is 12.5. The number of benzene rings is 1. The van der Waals surface area contributed by atoms with Gasteiger partial charge in [0.25, 0.3) is 5.91 Å². The number of nitrogens with zero attached hydrogens (tertiary/aromatic N) is 2. The first-order valence-electron chi connectivity index (χ1n) is 10.1. The van der Waals surface area contributed by atoms with Crippen LogP contribution in [0.4, 0.5) is 0 Å². The number of carbonyl (C=O) groups excluding carboxylic acids is 2. The van der Waals surface area contributed by atoms with Crippen molar-refractivity contribution < 1.29 is 18.7 Å². The van der Waals surface area contributed by atoms with Crippen molar-refractivity contribution in [2.45, 2.75) is 52.7 Å². The van der Waals surface area contributed by atoms with E-state index in [2.05, 4.69) is 16.0 Å². The number of aromatic nitrogens is 2. The van der Waals surface area contributed by atoms with E-state index in [1.807, 2.05) is 69.6 Å². The fourth-order valence-corrected chi connectivity index (χ4v) is 2.94. The molecule has 8 heteroatoms. The fourth-order valence-electron chi connectivity index (χ4n) is 2.94. The van der Waals surface area contributed by atoms with Crippen molar-refractivity contribution in [1.29, 1.82) is 0 Å². The first-order chi connectivity index (χ1) is 14.6. The number of hydrazine groups is 1. The second-order valence-electron chi connectivity index (χ2n) is 8.47. The molecule has 3 rings (SSSR count). The number of ether oxygens (including phenoxy) is 1. The molecule has 0 radical (unpaired) electrons. The van der Waals surface area contributed by atoms with Gasteiger partial charge in [-0.25, -0.2) is 0 Å². The standard InChI is InChI=1S/C23H28N4O4/c1-15(2)19-13-18(26-27(19)23(3,4)5)21(28)24-25-22(29)20-12-11-17(31-20)14-30-16-9-7-6-8-10-16/h6-13,15H,14H2,1-5H3,(H,24,28)(H,25,29). The minimum atomic E-state index is -0.571. The van der Waals surface area contributed by atoms with E-state index < -0.39 is 11.8 Å². The molecule has 2 aromatic heterocycles. The molecule has 2 N–H and O–H groups in total. The Kier molecular flexibility index (Phi) is 6.48. The van der Waals surface area contributed by atoms with Crippen molar-refractivity contribution in [3.05, 3.63) is 71.4 Å². The van der Waals surface area contributed by atoms with Gasteiger partial charge in [0.05, 0.1) is 5.54 Å². The van der Waals surface area contributed by atoms with Gasteiger partial charge in [-0.2, -0.15) is 5.10 Å². The van der Waals surface area contributed by atoms with Crippen molar-refractivity contribution in [3.8, 4) is 5.75 Å². The average Bonchev–Trinajstić information content (AvgIpc) is 3.38. The smallest absolute Gasteiger partial charge is 0.305 e. The topological polar surface area (TPSA) is 98.4 Å². The van der Waals surface area contributed by atoms with E-state index in [0.29, 0.717) is 11.5 Å². The third-order valence-corrected chi connectivity index (χ3v) is 4.50. The number of hydrogen-bond acceptors (Lipinski definition) is 5. The van der Waals surface area contributed by atoms with E-state index in [0.717, 1.165) is 5.69 Å². The van der Waals surface area contributed by atoms with Gasteiger partial charge in [-0.15, -0.1) is 0 Å². The molecular weight excluding hydrogens is 396 g/mol. The highest BCUT2D eigenvalue weighted by Crippen LogP contribution is 2.23. The maximum absolute atomic E-state index is 12.5. The highest BCUT2D eigenvalue weighted by Gasteiger charge is 2.24. The number of carbonyl (C=O) groups is 2. The van der Waals surface area contributed by atoms with Crippen LogP contribution in [0.5, 0.6) is 5.75 Å². The lowest BCUT2D eigenvalue weighted by atomic mass is 10.1. The van der Waals surface area contributed by atoms with Gasteiger partial charge in [0.15, 0.2) is 11.5 Å². The van der Waals surface area contributed by atoms with Crippen LogP contribution in [0.2, 0.25) is 0 Å². The number of rotatable bonds is 6. The molecule has 8 nitrogen and oxygen atoms in total. The summed E-state index contributed by atoms with van der Waals surface area (Å²) < 4.78 is 12.9. The maximum Gasteiger partial charge on any atom is 0.305 e. The first kappa shape index (κ1) is 22.1. The molecule has 2 amide bonds. The van der Waals surface area contributed by atoms with E-state index in [1.54, 1.807) is 12.1 Å². The number of para-hydroxylation sites is 1. The van der Waals surface area contributed by atoms with Crippen LogP contribution >= 0.6 is 0 Å². The molecule has 0 bridgehead atoms. The molecule has 0 atom stereocenters. The van der Waals surface area contributed by atoms with Crippen molar-refractivity contribution in [2.75, 3.05) is 0 Å². The molecule has 3 aromatic rings. The molecule has 0 spiro atoms. The summed E-state index contributed by atoms with van der Waals surface area (Å²) in [6, 6.07) is 14.2. The molecule has 1 aromatic carbocycles. The Bertz CT molecular complexity index is 1050. The molecule has 0 fully saturated rings. The Morgan fingerprint density at radius 2 is 1.74 bits per heavy atom. The summed E-state index contributed by atoms with van der Waals surface area (Å²) in [5, 5.41) is 4.42. The molecule has 0 aliphatic heterocycles. The number of nitrogens with one attached hydrogen (secondary N) is 2. The number of hydrogen-bond donors (Lipinski definition) is 2. The Balaban J connectivity index is 1.58. The molecule has 31 heavy (non-hydrogen) atoms. The van der Waals surface area contributed by atoms with Gasteiger partial charge >= 0.3 is 5.91 Å². The van der Waals surface area contributed by atoms with Gasteiger partial charge in [-0.3, -0.25) is 25.1 Å². The number of amides is 2. The highest BCUT2D eigenvalue weighted by molar-refractivity contribution is 5.97. The summed E-state index contributed by atoms with van der Waals surface area (Å²) in [5.41, 5.74) is 5.65. The summed E-state index contributed by atoms with van der Waals surface area (Å²) in [6.45, 7) is 10.3. The van der Waals surface area contributed by atoms with Crippen LogP contribution in [0.15, 0.2) is 52.9 Å². The van der Waals surface area contributed by atoms with E-state index in [-0.39, 0.29) is 29.5 Å². The Morgan fingerprint density at radius 1 is 1.06 bits per heavy atom. The third kappa shape index (κ3) is 5.53. The zero-order valence-corrected chi connectivity index (χ0v) is 18.4. The molecule has 2 heterocycles. The molecular formula is C23H28N4O4. The second-order valence-corrected chi connectivity index (χ2v) is 8.47. The van der Waals surface area contributed by atoms with Crippen molar-refractivity contribution in [3.63, 3.8) is 0 Å². The van der Waals surface area contributed by atoms with Gasteiger partial charge in [-0.05, 0) is 57.0 Å². The second kappa shape index (κ2) is 9.07. The Morgan fingerprint density at radius 3 is 2.35 bits per heavy atom. The van der Waals surface area contributed by atoms with Crippen LogP contribution in [0.3, 0.4) is 0 Å². The molecule has 0 aliphatic carbocycles. The molecule has 0 saturated heterocycles. The van der Waals surface area contributed by atoms with Gasteiger partial charge in [-0.1, -0.05) is 32.0 Å². The average molecular weight is 425 g/mol. The summed E-state index contributed by atoms with van der Waals surface area (Å²) in [7, 11) is 0. The van der Waals surface area contributed by atoms with E-state index >= 15 is 0 Å². The van der Waals surface area contributed by atoms with Gasteiger partial charge < -0.3 is 9.15 Å². The molecule has 0 unspecified atom stereocenters. The molecule has 0 saturated carbocycles. The largest absolute Gasteiger partial charge is 0.486 e. The monoisotopic (exact) mass is 424 g/mol. The summed E-state index contributed by atoms with van der Waals surface area (Å²) in [4.78, 5) is 24.8. The predicted octanol–water partition coefficient (Wildman–Crippen LogP) is 4.01. The van der Waals surface area contributed by atoms with E-state index in [4.69, 9.17) is 9.15 Å². The lowest BCUT2D eigenvalue weighted by Gasteiger charge is -2.23. The Labute approximate surface area is 181 Å².